The molecule has 0 aliphatic carbocycles. The highest BCUT2D eigenvalue weighted by molar-refractivity contribution is 7.23. The third-order valence-corrected chi connectivity index (χ3v) is 7.39. The van der Waals surface area contributed by atoms with Crippen LogP contribution in [-0.4, -0.2) is 47.9 Å². The second-order valence-electron chi connectivity index (χ2n) is 7.70. The highest BCUT2D eigenvalue weighted by atomic mass is 35.5. The second-order valence-corrected chi connectivity index (χ2v) is 9.79. The van der Waals surface area contributed by atoms with E-state index in [0.29, 0.717) is 28.5 Å². The molecule has 10 heteroatoms. The Labute approximate surface area is 199 Å². The number of nitrogens with zero attached hydrogens (tertiary/aromatic N) is 4. The number of rotatable bonds is 6. The number of aromatic nitrogens is 1. The van der Waals surface area contributed by atoms with E-state index < -0.39 is 4.92 Å². The van der Waals surface area contributed by atoms with Gasteiger partial charge in [-0.1, -0.05) is 17.4 Å². The van der Waals surface area contributed by atoms with Crippen LogP contribution >= 0.6 is 35.1 Å². The van der Waals surface area contributed by atoms with Crippen LogP contribution < -0.4 is 4.90 Å². The summed E-state index contributed by atoms with van der Waals surface area (Å²) in [4.78, 5) is 33.3. The summed E-state index contributed by atoms with van der Waals surface area (Å²) in [6.45, 7) is 5.29. The smallest absolute Gasteiger partial charge is 0.270 e. The quantitative estimate of drug-likeness (QED) is 0.257. The van der Waals surface area contributed by atoms with Crippen molar-refractivity contribution < 1.29 is 9.72 Å². The van der Waals surface area contributed by atoms with Gasteiger partial charge in [0.05, 0.1) is 20.0 Å². The largest absolute Gasteiger partial charge is 0.308 e. The minimum Gasteiger partial charge on any atom is -0.308 e. The lowest BCUT2D eigenvalue weighted by Crippen LogP contribution is -2.36. The number of non-ortho nitro benzene ring substituents is 1. The summed E-state index contributed by atoms with van der Waals surface area (Å²) in [6.07, 6.45) is 0. The van der Waals surface area contributed by atoms with E-state index in [1.807, 2.05) is 32.0 Å². The molecule has 0 bridgehead atoms. The lowest BCUT2D eigenvalue weighted by atomic mass is 10.1. The first-order valence-electron chi connectivity index (χ1n) is 9.76. The van der Waals surface area contributed by atoms with E-state index in [1.54, 1.807) is 17.0 Å². The fraction of sp³-hybridized carbons (Fsp3) is 0.273. The molecule has 4 aromatic rings. The zero-order valence-corrected chi connectivity index (χ0v) is 20.6. The average Bonchev–Trinajstić information content (AvgIpc) is 3.34. The van der Waals surface area contributed by atoms with Gasteiger partial charge < -0.3 is 4.90 Å². The van der Waals surface area contributed by atoms with Crippen molar-refractivity contribution in [2.24, 2.45) is 0 Å². The molecule has 0 fully saturated rings. The summed E-state index contributed by atoms with van der Waals surface area (Å²) in [7, 11) is 3.93. The highest BCUT2D eigenvalue weighted by Gasteiger charge is 2.24. The van der Waals surface area contributed by atoms with Crippen LogP contribution in [0.1, 0.15) is 20.8 Å². The number of anilines is 1. The zero-order valence-electron chi connectivity index (χ0n) is 18.1. The number of hydrogen-bond donors (Lipinski definition) is 0. The molecular formula is C22H23ClN4O3S2. The summed E-state index contributed by atoms with van der Waals surface area (Å²) in [6, 6.07) is 10.5. The number of likely N-dealkylation sites (N-methyl/N-ethyl adjacent to an activating group) is 1. The Morgan fingerprint density at radius 1 is 1.06 bits per heavy atom. The fourth-order valence-corrected chi connectivity index (χ4v) is 5.34. The molecule has 0 radical (unpaired) electrons. The minimum absolute atomic E-state index is 0. The van der Waals surface area contributed by atoms with Crippen molar-refractivity contribution in [1.82, 2.24) is 9.88 Å². The molecule has 0 unspecified atom stereocenters. The first-order valence-corrected chi connectivity index (χ1v) is 11.4. The van der Waals surface area contributed by atoms with E-state index in [0.717, 1.165) is 20.5 Å². The van der Waals surface area contributed by atoms with Gasteiger partial charge in [0, 0.05) is 35.3 Å². The van der Waals surface area contributed by atoms with Gasteiger partial charge in [0.25, 0.3) is 11.6 Å². The normalized spacial score (nSPS) is 11.2. The number of nitro groups is 1. The number of aryl methyl sites for hydroxylation is 2. The van der Waals surface area contributed by atoms with Gasteiger partial charge in [0.1, 0.15) is 0 Å². The number of hydrogen-bond acceptors (Lipinski definition) is 7. The van der Waals surface area contributed by atoms with Gasteiger partial charge in [0.2, 0.25) is 0 Å². The van der Waals surface area contributed by atoms with Crippen LogP contribution in [0.15, 0.2) is 36.4 Å². The maximum Gasteiger partial charge on any atom is 0.270 e. The van der Waals surface area contributed by atoms with E-state index in [4.69, 9.17) is 4.98 Å². The van der Waals surface area contributed by atoms with E-state index in [9.17, 15) is 14.9 Å². The van der Waals surface area contributed by atoms with Crippen molar-refractivity contribution in [3.63, 3.8) is 0 Å². The topological polar surface area (TPSA) is 79.6 Å². The highest BCUT2D eigenvalue weighted by Crippen LogP contribution is 2.35. The predicted octanol–water partition coefficient (Wildman–Crippen LogP) is 5.67. The number of amides is 1. The average molecular weight is 491 g/mol. The van der Waals surface area contributed by atoms with Gasteiger partial charge in [0.15, 0.2) is 5.13 Å². The van der Waals surface area contributed by atoms with Gasteiger partial charge in [-0.25, -0.2) is 4.98 Å². The Kier molecular flexibility index (Phi) is 7.14. The number of thiophene rings is 1. The number of fused-ring (bicyclic) bond motifs is 2. The summed E-state index contributed by atoms with van der Waals surface area (Å²) in [5.41, 5.74) is 3.23. The van der Waals surface area contributed by atoms with Crippen LogP contribution in [0, 0.1) is 24.0 Å². The molecule has 0 N–H and O–H groups in total. The van der Waals surface area contributed by atoms with Gasteiger partial charge in [-0.3, -0.25) is 19.8 Å². The molecule has 0 spiro atoms. The molecule has 2 heterocycles. The molecule has 2 aromatic heterocycles. The van der Waals surface area contributed by atoms with E-state index >= 15 is 0 Å². The molecule has 0 saturated heterocycles. The number of carbonyl (C=O) groups is 1. The molecule has 0 aliphatic rings. The van der Waals surface area contributed by atoms with Crippen LogP contribution in [0.25, 0.3) is 20.3 Å². The molecule has 0 aliphatic heterocycles. The van der Waals surface area contributed by atoms with Crippen LogP contribution in [0.5, 0.6) is 0 Å². The minimum atomic E-state index is -0.423. The first-order chi connectivity index (χ1) is 14.7. The van der Waals surface area contributed by atoms with E-state index in [1.165, 1.54) is 40.4 Å². The van der Waals surface area contributed by atoms with Crippen molar-refractivity contribution in [3.05, 3.63) is 62.5 Å². The van der Waals surface area contributed by atoms with Gasteiger partial charge in [-0.2, -0.15) is 0 Å². The zero-order chi connectivity index (χ0) is 22.3. The molecule has 0 saturated carbocycles. The fourth-order valence-electron chi connectivity index (χ4n) is 3.30. The van der Waals surface area contributed by atoms with Crippen LogP contribution in [-0.2, 0) is 0 Å². The van der Waals surface area contributed by atoms with E-state index in [2.05, 4.69) is 13.0 Å². The number of carbonyl (C=O) groups excluding carboxylic acids is 1. The van der Waals surface area contributed by atoms with Gasteiger partial charge in [-0.05, 0) is 57.3 Å². The number of benzene rings is 2. The molecule has 32 heavy (non-hydrogen) atoms. The van der Waals surface area contributed by atoms with Crippen LogP contribution in [0.4, 0.5) is 10.8 Å². The standard InChI is InChI=1S/C22H22N4O3S2.ClH/c1-13-5-7-18-20(14(13)2)23-22(31-18)25(10-9-24(3)4)21(27)19-12-15-11-16(26(28)29)6-8-17(15)30-19;/h5-8,11-12H,9-10H2,1-4H3;1H. The predicted molar refractivity (Wildman–Crippen MR) is 135 cm³/mol. The molecule has 2 aromatic carbocycles. The Balaban J connectivity index is 0.00000289. The number of nitro benzene ring substituents is 1. The molecule has 7 nitrogen and oxygen atoms in total. The van der Waals surface area contributed by atoms with Crippen molar-refractivity contribution in [2.75, 3.05) is 32.1 Å². The maximum atomic E-state index is 13.5. The molecular weight excluding hydrogens is 468 g/mol. The Morgan fingerprint density at radius 3 is 2.47 bits per heavy atom. The van der Waals surface area contributed by atoms with Crippen LogP contribution in [0.2, 0.25) is 0 Å². The summed E-state index contributed by atoms with van der Waals surface area (Å²) in [5, 5.41) is 12.5. The van der Waals surface area contributed by atoms with Crippen molar-refractivity contribution in [1.29, 1.82) is 0 Å². The number of thiazole rings is 1. The van der Waals surface area contributed by atoms with Crippen molar-refractivity contribution in [2.45, 2.75) is 13.8 Å². The summed E-state index contributed by atoms with van der Waals surface area (Å²) >= 11 is 2.85. The third-order valence-electron chi connectivity index (χ3n) is 5.24. The first kappa shape index (κ1) is 24.1. The molecule has 168 valence electrons. The third kappa shape index (κ3) is 4.61. The van der Waals surface area contributed by atoms with Gasteiger partial charge >= 0.3 is 0 Å². The summed E-state index contributed by atoms with van der Waals surface area (Å²) in [5.74, 6) is -0.140. The lowest BCUT2D eigenvalue weighted by molar-refractivity contribution is -0.384. The van der Waals surface area contributed by atoms with Crippen molar-refractivity contribution >= 4 is 72.1 Å². The monoisotopic (exact) mass is 490 g/mol. The molecule has 1 amide bonds. The lowest BCUT2D eigenvalue weighted by Gasteiger charge is -2.21. The molecule has 4 rings (SSSR count). The Bertz CT molecular complexity index is 1320. The number of halogens is 1. The maximum absolute atomic E-state index is 13.5. The Morgan fingerprint density at radius 2 is 1.78 bits per heavy atom. The second kappa shape index (κ2) is 9.50. The van der Waals surface area contributed by atoms with Crippen LogP contribution in [0.3, 0.4) is 0 Å². The van der Waals surface area contributed by atoms with Gasteiger partial charge in [-0.15, -0.1) is 23.7 Å². The summed E-state index contributed by atoms with van der Waals surface area (Å²) < 4.78 is 1.89. The van der Waals surface area contributed by atoms with Crippen molar-refractivity contribution in [3.8, 4) is 0 Å². The van der Waals surface area contributed by atoms with E-state index in [-0.39, 0.29) is 24.0 Å². The molecule has 0 atom stereocenters. The Hall–Kier alpha value is -2.59. The SMILES string of the molecule is Cc1ccc2sc(N(CCN(C)C)C(=O)c3cc4cc([N+](=O)[O-])ccc4s3)nc2c1C.Cl.